The van der Waals surface area contributed by atoms with Crippen molar-refractivity contribution in [3.05, 3.63) is 0 Å². The van der Waals surface area contributed by atoms with Crippen molar-refractivity contribution in [1.82, 2.24) is 9.03 Å². The first kappa shape index (κ1) is 15.7. The number of nitrogens with one attached hydrogen (secondary N) is 1. The Morgan fingerprint density at radius 2 is 1.75 bits per heavy atom. The largest absolute Gasteiger partial charge is 0.480 e. The molecule has 2 rings (SSSR count). The molecule has 0 aromatic rings. The number of nitrogens with zero attached hydrogens (tertiary/aromatic N) is 1. The third kappa shape index (κ3) is 3.13. The summed E-state index contributed by atoms with van der Waals surface area (Å²) in [5.41, 5.74) is -1.34. The standard InChI is InChI=1S/C12H22N2O5S/c1-9-7-14(8-10(2)19-9)20(17,18)13-12(11(15)16)5-3-4-6-12/h9-10,13H,3-8H2,1-2H3,(H,15,16). The number of aliphatic carboxylic acids is 1. The van der Waals surface area contributed by atoms with Crippen LogP contribution in [0.5, 0.6) is 0 Å². The zero-order valence-electron chi connectivity index (χ0n) is 11.8. The molecule has 0 aromatic carbocycles. The Morgan fingerprint density at radius 1 is 1.25 bits per heavy atom. The van der Waals surface area contributed by atoms with Gasteiger partial charge in [0, 0.05) is 13.1 Å². The normalized spacial score (nSPS) is 31.3. The van der Waals surface area contributed by atoms with Crippen LogP contribution in [0.4, 0.5) is 0 Å². The average molecular weight is 306 g/mol. The highest BCUT2D eigenvalue weighted by Crippen LogP contribution is 2.31. The molecule has 1 aliphatic carbocycles. The van der Waals surface area contributed by atoms with Crippen LogP contribution in [0.15, 0.2) is 0 Å². The van der Waals surface area contributed by atoms with Gasteiger partial charge in [-0.2, -0.15) is 17.4 Å². The number of ether oxygens (including phenoxy) is 1. The van der Waals surface area contributed by atoms with Gasteiger partial charge in [0.2, 0.25) is 0 Å². The Kier molecular flexibility index (Phi) is 4.38. The molecule has 1 aliphatic heterocycles. The maximum absolute atomic E-state index is 12.4. The van der Waals surface area contributed by atoms with E-state index in [0.717, 1.165) is 12.8 Å². The molecule has 2 N–H and O–H groups in total. The summed E-state index contributed by atoms with van der Waals surface area (Å²) in [6.07, 6.45) is 1.75. The molecule has 2 aliphatic rings. The quantitative estimate of drug-likeness (QED) is 0.780. The van der Waals surface area contributed by atoms with E-state index in [1.54, 1.807) is 13.8 Å². The average Bonchev–Trinajstić information content (AvgIpc) is 2.76. The van der Waals surface area contributed by atoms with Gasteiger partial charge in [0.1, 0.15) is 5.54 Å². The number of rotatable bonds is 4. The number of hydrogen-bond donors (Lipinski definition) is 2. The molecule has 2 fully saturated rings. The van der Waals surface area contributed by atoms with E-state index in [1.165, 1.54) is 4.31 Å². The molecule has 8 heteroatoms. The van der Waals surface area contributed by atoms with Crippen molar-refractivity contribution in [1.29, 1.82) is 0 Å². The number of hydrogen-bond acceptors (Lipinski definition) is 4. The summed E-state index contributed by atoms with van der Waals surface area (Å²) in [5, 5.41) is 9.36. The summed E-state index contributed by atoms with van der Waals surface area (Å²) in [5.74, 6) is -1.09. The first-order valence-electron chi connectivity index (χ1n) is 6.93. The van der Waals surface area contributed by atoms with Gasteiger partial charge in [-0.05, 0) is 26.7 Å². The first-order valence-corrected chi connectivity index (χ1v) is 8.37. The predicted molar refractivity (Wildman–Crippen MR) is 72.5 cm³/mol. The summed E-state index contributed by atoms with van der Waals surface area (Å²) < 4.78 is 34.1. The Labute approximate surface area is 119 Å². The zero-order valence-corrected chi connectivity index (χ0v) is 12.6. The second kappa shape index (κ2) is 5.59. The van der Waals surface area contributed by atoms with Crippen LogP contribution in [0.25, 0.3) is 0 Å². The molecule has 0 amide bonds. The second-order valence-electron chi connectivity index (χ2n) is 5.78. The van der Waals surface area contributed by atoms with E-state index < -0.39 is 21.7 Å². The monoisotopic (exact) mass is 306 g/mol. The third-order valence-electron chi connectivity index (χ3n) is 3.92. The van der Waals surface area contributed by atoms with Gasteiger partial charge in [0.15, 0.2) is 0 Å². The number of morpholine rings is 1. The molecule has 0 bridgehead atoms. The van der Waals surface area contributed by atoms with E-state index in [2.05, 4.69) is 4.72 Å². The lowest BCUT2D eigenvalue weighted by Gasteiger charge is -2.36. The van der Waals surface area contributed by atoms with Crippen LogP contribution in [-0.4, -0.2) is 54.6 Å². The summed E-state index contributed by atoms with van der Waals surface area (Å²) >= 11 is 0. The smallest absolute Gasteiger partial charge is 0.324 e. The van der Waals surface area contributed by atoms with Gasteiger partial charge < -0.3 is 9.84 Å². The fourth-order valence-corrected chi connectivity index (χ4v) is 4.70. The molecule has 2 atom stereocenters. The number of carbonyl (C=O) groups is 1. The molecule has 0 aromatic heterocycles. The molecule has 20 heavy (non-hydrogen) atoms. The van der Waals surface area contributed by atoms with Crippen molar-refractivity contribution in [2.24, 2.45) is 0 Å². The van der Waals surface area contributed by atoms with E-state index in [1.807, 2.05) is 0 Å². The molecule has 2 unspecified atom stereocenters. The number of carboxylic acids is 1. The highest BCUT2D eigenvalue weighted by atomic mass is 32.2. The predicted octanol–water partition coefficient (Wildman–Crippen LogP) is 0.327. The molecule has 1 saturated heterocycles. The number of carboxylic acid groups (broad SMARTS) is 1. The van der Waals surface area contributed by atoms with Crippen LogP contribution in [0.3, 0.4) is 0 Å². The van der Waals surface area contributed by atoms with Crippen molar-refractivity contribution in [3.8, 4) is 0 Å². The van der Waals surface area contributed by atoms with E-state index in [-0.39, 0.29) is 25.3 Å². The van der Waals surface area contributed by atoms with Crippen molar-refractivity contribution in [2.45, 2.75) is 57.3 Å². The lowest BCUT2D eigenvalue weighted by Crippen LogP contribution is -2.59. The minimum absolute atomic E-state index is 0.195. The van der Waals surface area contributed by atoms with Crippen LogP contribution in [0, 0.1) is 0 Å². The van der Waals surface area contributed by atoms with Crippen LogP contribution < -0.4 is 4.72 Å². The summed E-state index contributed by atoms with van der Waals surface area (Å²) in [6.45, 7) is 4.10. The molecule has 1 saturated carbocycles. The maximum Gasteiger partial charge on any atom is 0.324 e. The molecule has 7 nitrogen and oxygen atoms in total. The van der Waals surface area contributed by atoms with Gasteiger partial charge in [-0.3, -0.25) is 4.79 Å². The van der Waals surface area contributed by atoms with Crippen molar-refractivity contribution < 1.29 is 23.1 Å². The molecular weight excluding hydrogens is 284 g/mol. The first-order chi connectivity index (χ1) is 9.25. The summed E-state index contributed by atoms with van der Waals surface area (Å²) in [6, 6.07) is 0. The molecule has 116 valence electrons. The summed E-state index contributed by atoms with van der Waals surface area (Å²) in [7, 11) is -3.81. The van der Waals surface area contributed by atoms with E-state index in [0.29, 0.717) is 12.8 Å². The van der Waals surface area contributed by atoms with Crippen LogP contribution >= 0.6 is 0 Å². The molecule has 0 spiro atoms. The maximum atomic E-state index is 12.4. The van der Waals surface area contributed by atoms with Gasteiger partial charge in [0.05, 0.1) is 12.2 Å². The lowest BCUT2D eigenvalue weighted by atomic mass is 10.0. The van der Waals surface area contributed by atoms with Crippen LogP contribution in [-0.2, 0) is 19.7 Å². The fourth-order valence-electron chi connectivity index (χ4n) is 2.98. The van der Waals surface area contributed by atoms with E-state index >= 15 is 0 Å². The zero-order chi connectivity index (χ0) is 15.0. The Hall–Kier alpha value is -0.700. The highest BCUT2D eigenvalue weighted by Gasteiger charge is 2.46. The molecule has 1 heterocycles. The third-order valence-corrected chi connectivity index (χ3v) is 5.54. The van der Waals surface area contributed by atoms with Crippen molar-refractivity contribution in [2.75, 3.05) is 13.1 Å². The van der Waals surface area contributed by atoms with Crippen LogP contribution in [0.2, 0.25) is 0 Å². The SMILES string of the molecule is CC1CN(S(=O)(=O)NC2(C(=O)O)CCCC2)CC(C)O1. The van der Waals surface area contributed by atoms with Gasteiger partial charge in [0.25, 0.3) is 10.2 Å². The minimum atomic E-state index is -3.81. The second-order valence-corrected chi connectivity index (χ2v) is 7.45. The summed E-state index contributed by atoms with van der Waals surface area (Å²) in [4.78, 5) is 11.4. The van der Waals surface area contributed by atoms with Gasteiger partial charge in [-0.15, -0.1) is 0 Å². The Morgan fingerprint density at radius 3 is 2.20 bits per heavy atom. The van der Waals surface area contributed by atoms with Crippen LogP contribution in [0.1, 0.15) is 39.5 Å². The van der Waals surface area contributed by atoms with Gasteiger partial charge >= 0.3 is 5.97 Å². The van der Waals surface area contributed by atoms with Gasteiger partial charge in [-0.1, -0.05) is 12.8 Å². The van der Waals surface area contributed by atoms with Crippen molar-refractivity contribution >= 4 is 16.2 Å². The topological polar surface area (TPSA) is 95.9 Å². The van der Waals surface area contributed by atoms with E-state index in [9.17, 15) is 18.3 Å². The molecular formula is C12H22N2O5S. The van der Waals surface area contributed by atoms with Gasteiger partial charge in [-0.25, -0.2) is 0 Å². The Balaban J connectivity index is 2.16. The fraction of sp³-hybridized carbons (Fsp3) is 0.917. The Bertz CT molecular complexity index is 462. The highest BCUT2D eigenvalue weighted by molar-refractivity contribution is 7.87. The van der Waals surface area contributed by atoms with E-state index in [4.69, 9.17) is 4.74 Å². The minimum Gasteiger partial charge on any atom is -0.480 e. The van der Waals surface area contributed by atoms with Crippen molar-refractivity contribution in [3.63, 3.8) is 0 Å². The molecule has 0 radical (unpaired) electrons. The lowest BCUT2D eigenvalue weighted by molar-refractivity contribution is -0.143.